The predicted molar refractivity (Wildman–Crippen MR) is 94.3 cm³/mol. The van der Waals surface area contributed by atoms with Gasteiger partial charge in [-0.15, -0.1) is 0 Å². The number of aromatic nitrogens is 4. The Balaban J connectivity index is 1.79. The smallest absolute Gasteiger partial charge is 0.328 e. The van der Waals surface area contributed by atoms with Crippen LogP contribution in [0.2, 0.25) is 0 Å². The predicted octanol–water partition coefficient (Wildman–Crippen LogP) is 1.76. The summed E-state index contributed by atoms with van der Waals surface area (Å²) < 4.78 is 17.8. The maximum Gasteiger partial charge on any atom is 0.328 e. The van der Waals surface area contributed by atoms with Crippen molar-refractivity contribution in [1.29, 1.82) is 0 Å². The number of methoxy groups -OCH3 is 1. The zero-order chi connectivity index (χ0) is 19.4. The number of hydrogen-bond acceptors (Lipinski definition) is 5. The molecule has 9 heteroatoms. The minimum atomic E-state index is -0.895. The van der Waals surface area contributed by atoms with Crippen LogP contribution in [0.15, 0.2) is 36.8 Å². The highest BCUT2D eigenvalue weighted by Crippen LogP contribution is 2.18. The Morgan fingerprint density at radius 1 is 1.30 bits per heavy atom. The molecule has 140 valence electrons. The molecule has 8 nitrogen and oxygen atoms in total. The number of rotatable bonds is 6. The third kappa shape index (κ3) is 4.20. The van der Waals surface area contributed by atoms with Crippen LogP contribution in [0.1, 0.15) is 21.9 Å². The van der Waals surface area contributed by atoms with Crippen molar-refractivity contribution < 1.29 is 18.7 Å². The SMILES string of the molecule is COC(=O)[C@H](Cc1cnc[nH]1)NC(=O)c1nc(-c2ccc(F)cc2)[nH]c1C. The Labute approximate surface area is 154 Å². The molecule has 0 bridgehead atoms. The summed E-state index contributed by atoms with van der Waals surface area (Å²) in [6.07, 6.45) is 3.25. The average Bonchev–Trinajstić information content (AvgIpc) is 3.30. The van der Waals surface area contributed by atoms with Crippen LogP contribution >= 0.6 is 0 Å². The van der Waals surface area contributed by atoms with Gasteiger partial charge < -0.3 is 20.0 Å². The van der Waals surface area contributed by atoms with Crippen LogP contribution in [-0.2, 0) is 16.0 Å². The number of halogens is 1. The van der Waals surface area contributed by atoms with E-state index in [1.807, 2.05) is 0 Å². The molecule has 0 saturated carbocycles. The second-order valence-corrected chi connectivity index (χ2v) is 5.90. The minimum absolute atomic E-state index is 0.146. The van der Waals surface area contributed by atoms with Crippen molar-refractivity contribution in [3.8, 4) is 11.4 Å². The Bertz CT molecular complexity index is 935. The Kier molecular flexibility index (Phi) is 5.30. The molecule has 2 aromatic heterocycles. The molecule has 27 heavy (non-hydrogen) atoms. The number of nitrogens with zero attached hydrogens (tertiary/aromatic N) is 2. The zero-order valence-electron chi connectivity index (χ0n) is 14.7. The fourth-order valence-electron chi connectivity index (χ4n) is 2.60. The molecule has 2 heterocycles. The van der Waals surface area contributed by atoms with Crippen LogP contribution in [0.25, 0.3) is 11.4 Å². The molecule has 0 radical (unpaired) electrons. The van der Waals surface area contributed by atoms with Gasteiger partial charge in [0, 0.05) is 29.6 Å². The molecule has 3 N–H and O–H groups in total. The molecular formula is C18H18FN5O3. The number of aromatic amines is 2. The van der Waals surface area contributed by atoms with E-state index in [0.717, 1.165) is 0 Å². The lowest BCUT2D eigenvalue weighted by atomic mass is 10.1. The standard InChI is InChI=1S/C18H18FN5O3/c1-10-15(24-16(22-10)11-3-5-12(19)6-4-11)17(25)23-14(18(26)27-2)7-13-8-20-9-21-13/h3-6,8-9,14H,7H2,1-2H3,(H,20,21)(H,22,24)(H,23,25)/t14-/m0/s1. The van der Waals surface area contributed by atoms with E-state index in [-0.39, 0.29) is 17.9 Å². The minimum Gasteiger partial charge on any atom is -0.467 e. The van der Waals surface area contributed by atoms with Crippen LogP contribution in [0.3, 0.4) is 0 Å². The second-order valence-electron chi connectivity index (χ2n) is 5.90. The molecule has 3 rings (SSSR count). The third-order valence-electron chi connectivity index (χ3n) is 3.99. The summed E-state index contributed by atoms with van der Waals surface area (Å²) in [5, 5.41) is 2.63. The first-order valence-electron chi connectivity index (χ1n) is 8.16. The van der Waals surface area contributed by atoms with Gasteiger partial charge >= 0.3 is 5.97 Å². The van der Waals surface area contributed by atoms with Crippen LogP contribution in [0.5, 0.6) is 0 Å². The molecule has 0 aliphatic carbocycles. The summed E-state index contributed by atoms with van der Waals surface area (Å²) in [6, 6.07) is 4.85. The third-order valence-corrected chi connectivity index (χ3v) is 3.99. The van der Waals surface area contributed by atoms with Crippen molar-refractivity contribution >= 4 is 11.9 Å². The lowest BCUT2D eigenvalue weighted by molar-refractivity contribution is -0.142. The van der Waals surface area contributed by atoms with E-state index in [1.54, 1.807) is 25.3 Å². The molecule has 1 aromatic carbocycles. The number of hydrogen-bond donors (Lipinski definition) is 3. The molecular weight excluding hydrogens is 353 g/mol. The molecule has 3 aromatic rings. The molecule has 0 spiro atoms. The second kappa shape index (κ2) is 7.81. The molecule has 1 amide bonds. The van der Waals surface area contributed by atoms with Crippen molar-refractivity contribution in [1.82, 2.24) is 25.3 Å². The van der Waals surface area contributed by atoms with Gasteiger partial charge in [-0.2, -0.15) is 0 Å². The van der Waals surface area contributed by atoms with E-state index < -0.39 is 17.9 Å². The molecule has 0 unspecified atom stereocenters. The van der Waals surface area contributed by atoms with Crippen LogP contribution in [0.4, 0.5) is 4.39 Å². The van der Waals surface area contributed by atoms with E-state index in [0.29, 0.717) is 22.8 Å². The van der Waals surface area contributed by atoms with Gasteiger partial charge in [-0.1, -0.05) is 0 Å². The van der Waals surface area contributed by atoms with Gasteiger partial charge in [-0.3, -0.25) is 4.79 Å². The fourth-order valence-corrected chi connectivity index (χ4v) is 2.60. The van der Waals surface area contributed by atoms with Crippen LogP contribution in [0, 0.1) is 12.7 Å². The Morgan fingerprint density at radius 3 is 2.67 bits per heavy atom. The lowest BCUT2D eigenvalue weighted by Gasteiger charge is -2.15. The summed E-state index contributed by atoms with van der Waals surface area (Å²) in [4.78, 5) is 38.7. The van der Waals surface area contributed by atoms with Gasteiger partial charge in [-0.25, -0.2) is 19.2 Å². The van der Waals surface area contributed by atoms with E-state index in [1.165, 1.54) is 25.6 Å². The monoisotopic (exact) mass is 371 g/mol. The number of H-pyrrole nitrogens is 2. The van der Waals surface area contributed by atoms with Crippen molar-refractivity contribution in [2.75, 3.05) is 7.11 Å². The Morgan fingerprint density at radius 2 is 2.04 bits per heavy atom. The van der Waals surface area contributed by atoms with E-state index in [9.17, 15) is 14.0 Å². The maximum atomic E-state index is 13.1. The van der Waals surface area contributed by atoms with Crippen LogP contribution in [-0.4, -0.2) is 45.0 Å². The molecule has 0 aliphatic rings. The maximum absolute atomic E-state index is 13.1. The molecule has 0 aliphatic heterocycles. The topological polar surface area (TPSA) is 113 Å². The normalized spacial score (nSPS) is 11.8. The van der Waals surface area contributed by atoms with Gasteiger partial charge in [0.25, 0.3) is 5.91 Å². The van der Waals surface area contributed by atoms with Crippen molar-refractivity contribution in [2.24, 2.45) is 0 Å². The first kappa shape index (κ1) is 18.3. The van der Waals surface area contributed by atoms with Crippen molar-refractivity contribution in [3.05, 3.63) is 59.7 Å². The number of nitrogens with one attached hydrogen (secondary N) is 3. The fraction of sp³-hybridized carbons (Fsp3) is 0.222. The highest BCUT2D eigenvalue weighted by molar-refractivity contribution is 5.96. The molecule has 1 atom stereocenters. The summed E-state index contributed by atoms with van der Waals surface area (Å²) in [5.74, 6) is -1.03. The largest absolute Gasteiger partial charge is 0.467 e. The highest BCUT2D eigenvalue weighted by Gasteiger charge is 2.25. The summed E-state index contributed by atoms with van der Waals surface area (Å²) >= 11 is 0. The van der Waals surface area contributed by atoms with E-state index in [2.05, 4.69) is 25.3 Å². The number of imidazole rings is 2. The summed E-state index contributed by atoms with van der Waals surface area (Å²) in [7, 11) is 1.25. The van der Waals surface area contributed by atoms with Gasteiger partial charge in [-0.05, 0) is 31.2 Å². The molecule has 0 saturated heterocycles. The van der Waals surface area contributed by atoms with E-state index in [4.69, 9.17) is 4.74 Å². The number of benzene rings is 1. The number of ether oxygens (including phenoxy) is 1. The van der Waals surface area contributed by atoms with Gasteiger partial charge in [0.05, 0.1) is 13.4 Å². The van der Waals surface area contributed by atoms with Crippen molar-refractivity contribution in [3.63, 3.8) is 0 Å². The number of esters is 1. The Hall–Kier alpha value is -3.49. The summed E-state index contributed by atoms with van der Waals surface area (Å²) in [5.41, 5.74) is 1.99. The lowest BCUT2D eigenvalue weighted by Crippen LogP contribution is -2.43. The quantitative estimate of drug-likeness (QED) is 0.572. The van der Waals surface area contributed by atoms with Gasteiger partial charge in [0.1, 0.15) is 23.4 Å². The van der Waals surface area contributed by atoms with Gasteiger partial charge in [0.15, 0.2) is 0 Å². The van der Waals surface area contributed by atoms with Crippen molar-refractivity contribution in [2.45, 2.75) is 19.4 Å². The van der Waals surface area contributed by atoms with Crippen LogP contribution < -0.4 is 5.32 Å². The average molecular weight is 371 g/mol. The highest BCUT2D eigenvalue weighted by atomic mass is 19.1. The first-order chi connectivity index (χ1) is 13.0. The number of carbonyl (C=O) groups excluding carboxylic acids is 2. The first-order valence-corrected chi connectivity index (χ1v) is 8.16. The number of amides is 1. The number of carbonyl (C=O) groups is 2. The van der Waals surface area contributed by atoms with E-state index >= 15 is 0 Å². The summed E-state index contributed by atoms with van der Waals surface area (Å²) in [6.45, 7) is 1.69. The number of aryl methyl sites for hydroxylation is 1. The van der Waals surface area contributed by atoms with Gasteiger partial charge in [0.2, 0.25) is 0 Å². The zero-order valence-corrected chi connectivity index (χ0v) is 14.7. The molecule has 0 fully saturated rings.